The summed E-state index contributed by atoms with van der Waals surface area (Å²) in [5, 5.41) is 15.9. The van der Waals surface area contributed by atoms with Crippen molar-refractivity contribution >= 4 is 29.6 Å². The summed E-state index contributed by atoms with van der Waals surface area (Å²) >= 11 is 1.19. The highest BCUT2D eigenvalue weighted by atomic mass is 32.2. The summed E-state index contributed by atoms with van der Waals surface area (Å²) in [6, 6.07) is 9.36. The number of hydrazine groups is 1. The fourth-order valence-corrected chi connectivity index (χ4v) is 4.85. The fourth-order valence-electron chi connectivity index (χ4n) is 4.12. The van der Waals surface area contributed by atoms with E-state index >= 15 is 0 Å². The minimum atomic E-state index is -1.07. The molecule has 1 saturated carbocycles. The lowest BCUT2D eigenvalue weighted by molar-refractivity contribution is -0.138. The van der Waals surface area contributed by atoms with Crippen LogP contribution < -0.4 is 10.7 Å². The van der Waals surface area contributed by atoms with Crippen molar-refractivity contribution in [1.82, 2.24) is 36.0 Å². The number of amides is 4. The second kappa shape index (κ2) is 9.68. The van der Waals surface area contributed by atoms with E-state index in [0.29, 0.717) is 18.0 Å². The third-order valence-electron chi connectivity index (χ3n) is 5.97. The molecule has 1 aromatic heterocycles. The van der Waals surface area contributed by atoms with Gasteiger partial charge in [0, 0.05) is 0 Å². The van der Waals surface area contributed by atoms with E-state index in [9.17, 15) is 14.4 Å². The van der Waals surface area contributed by atoms with Crippen LogP contribution in [-0.2, 0) is 16.0 Å². The lowest BCUT2D eigenvalue weighted by atomic mass is 9.93. The Bertz CT molecular complexity index is 977. The summed E-state index contributed by atoms with van der Waals surface area (Å²) in [5.41, 5.74) is 2.43. The highest BCUT2D eigenvalue weighted by molar-refractivity contribution is 7.99. The number of benzene rings is 1. The van der Waals surface area contributed by atoms with Gasteiger partial charge in [-0.2, -0.15) is 5.01 Å². The van der Waals surface area contributed by atoms with Crippen LogP contribution in [0.3, 0.4) is 0 Å². The molecule has 1 aliphatic carbocycles. The number of hydrogen-bond acceptors (Lipinski definition) is 7. The van der Waals surface area contributed by atoms with Crippen LogP contribution in [0, 0.1) is 0 Å². The average molecular weight is 458 g/mol. The summed E-state index contributed by atoms with van der Waals surface area (Å²) in [5.74, 6) is -0.946. The van der Waals surface area contributed by atoms with Crippen LogP contribution in [-0.4, -0.2) is 54.4 Å². The molecular weight excluding hydrogens is 430 g/mol. The lowest BCUT2D eigenvalue weighted by Crippen LogP contribution is -2.49. The molecule has 2 heterocycles. The van der Waals surface area contributed by atoms with Gasteiger partial charge in [0.15, 0.2) is 0 Å². The van der Waals surface area contributed by atoms with Crippen LogP contribution in [0.15, 0.2) is 35.5 Å². The fraction of sp³-hybridized carbons (Fsp3) is 0.524. The monoisotopic (exact) mass is 457 g/mol. The van der Waals surface area contributed by atoms with Gasteiger partial charge in [0.25, 0.3) is 5.91 Å². The molecule has 4 amide bonds. The number of urea groups is 1. The summed E-state index contributed by atoms with van der Waals surface area (Å²) < 4.78 is 1.78. The van der Waals surface area contributed by atoms with Crippen molar-refractivity contribution in [2.24, 2.45) is 0 Å². The number of nitrogens with one attached hydrogen (secondary N) is 2. The highest BCUT2D eigenvalue weighted by Crippen LogP contribution is 2.30. The van der Waals surface area contributed by atoms with Gasteiger partial charge < -0.3 is 5.32 Å². The number of aryl methyl sites for hydroxylation is 1. The zero-order valence-corrected chi connectivity index (χ0v) is 18.8. The topological polar surface area (TPSA) is 122 Å². The maximum atomic E-state index is 12.9. The molecule has 170 valence electrons. The molecule has 1 atom stereocenters. The Kier molecular flexibility index (Phi) is 6.73. The average Bonchev–Trinajstić information content (AvgIpc) is 3.36. The van der Waals surface area contributed by atoms with Gasteiger partial charge in [-0.15, -0.1) is 5.10 Å². The molecule has 11 heteroatoms. The molecule has 0 spiro atoms. The molecule has 2 fully saturated rings. The van der Waals surface area contributed by atoms with E-state index in [1.165, 1.54) is 18.2 Å². The molecule has 0 radical (unpaired) electrons. The number of carbonyl (C=O) groups excluding carboxylic acids is 3. The van der Waals surface area contributed by atoms with Gasteiger partial charge in [-0.3, -0.25) is 15.0 Å². The predicted octanol–water partition coefficient (Wildman–Crippen LogP) is 2.24. The molecule has 1 aliphatic heterocycles. The van der Waals surface area contributed by atoms with Crippen molar-refractivity contribution in [3.8, 4) is 0 Å². The Morgan fingerprint density at radius 1 is 1.22 bits per heavy atom. The molecule has 10 nitrogen and oxygen atoms in total. The maximum Gasteiger partial charge on any atom is 0.344 e. The molecule has 1 aromatic carbocycles. The first-order valence-electron chi connectivity index (χ1n) is 10.9. The van der Waals surface area contributed by atoms with Crippen LogP contribution in [0.2, 0.25) is 0 Å². The second-order valence-corrected chi connectivity index (χ2v) is 9.35. The van der Waals surface area contributed by atoms with E-state index in [2.05, 4.69) is 26.3 Å². The Morgan fingerprint density at radius 2 is 1.97 bits per heavy atom. The third kappa shape index (κ3) is 4.93. The van der Waals surface area contributed by atoms with Crippen LogP contribution in [0.1, 0.15) is 57.1 Å². The highest BCUT2D eigenvalue weighted by Gasteiger charge is 2.48. The quantitative estimate of drug-likeness (QED) is 0.460. The summed E-state index contributed by atoms with van der Waals surface area (Å²) in [7, 11) is 0. The van der Waals surface area contributed by atoms with Crippen LogP contribution in [0.5, 0.6) is 0 Å². The van der Waals surface area contributed by atoms with Crippen LogP contribution in [0.4, 0.5) is 4.79 Å². The van der Waals surface area contributed by atoms with E-state index in [0.717, 1.165) is 36.3 Å². The SMILES string of the molecule is CC1(CCc2ccccc2)NC(=O)N(NC(=O)CSc2nnnn2C2CCCCC2)C1=O. The van der Waals surface area contributed by atoms with Crippen molar-refractivity contribution in [2.45, 2.75) is 68.6 Å². The number of nitrogens with zero attached hydrogens (tertiary/aromatic N) is 5. The minimum absolute atomic E-state index is 0.00904. The summed E-state index contributed by atoms with van der Waals surface area (Å²) in [6.07, 6.45) is 6.61. The maximum absolute atomic E-state index is 12.9. The molecule has 1 saturated heterocycles. The normalized spacial score (nSPS) is 21.6. The number of rotatable bonds is 8. The third-order valence-corrected chi connectivity index (χ3v) is 6.90. The van der Waals surface area contributed by atoms with E-state index in [1.807, 2.05) is 30.3 Å². The van der Waals surface area contributed by atoms with E-state index in [1.54, 1.807) is 11.6 Å². The van der Waals surface area contributed by atoms with Gasteiger partial charge in [0.1, 0.15) is 5.54 Å². The molecule has 32 heavy (non-hydrogen) atoms. The van der Waals surface area contributed by atoms with Crippen LogP contribution >= 0.6 is 11.8 Å². The predicted molar refractivity (Wildman–Crippen MR) is 117 cm³/mol. The molecule has 2 N–H and O–H groups in total. The van der Waals surface area contributed by atoms with Gasteiger partial charge in [-0.1, -0.05) is 61.4 Å². The minimum Gasteiger partial charge on any atom is -0.322 e. The standard InChI is InChI=1S/C21H27N7O3S/c1-21(13-12-15-8-4-2-5-9-15)18(30)28(19(31)22-21)24-17(29)14-32-20-23-25-26-27(20)16-10-6-3-7-11-16/h2,4-5,8-9,16H,3,6-7,10-14H2,1H3,(H,22,31)(H,24,29). The van der Waals surface area contributed by atoms with Gasteiger partial charge in [0.05, 0.1) is 11.8 Å². The van der Waals surface area contributed by atoms with E-state index in [4.69, 9.17) is 0 Å². The Labute approximate surface area is 190 Å². The van der Waals surface area contributed by atoms with Gasteiger partial charge in [-0.25, -0.2) is 9.48 Å². The molecule has 4 rings (SSSR count). The number of tetrazole rings is 1. The number of imide groups is 1. The van der Waals surface area contributed by atoms with Gasteiger partial charge in [0.2, 0.25) is 11.1 Å². The zero-order chi connectivity index (χ0) is 22.6. The first-order valence-corrected chi connectivity index (χ1v) is 11.9. The van der Waals surface area contributed by atoms with Crippen molar-refractivity contribution < 1.29 is 14.4 Å². The lowest BCUT2D eigenvalue weighted by Gasteiger charge is -2.22. The van der Waals surface area contributed by atoms with Crippen LogP contribution in [0.25, 0.3) is 0 Å². The summed E-state index contributed by atoms with van der Waals surface area (Å²) in [6.45, 7) is 1.68. The number of carbonyl (C=O) groups is 3. The van der Waals surface area contributed by atoms with Gasteiger partial charge >= 0.3 is 6.03 Å². The van der Waals surface area contributed by atoms with E-state index < -0.39 is 23.4 Å². The van der Waals surface area contributed by atoms with Crippen molar-refractivity contribution in [3.05, 3.63) is 35.9 Å². The second-order valence-electron chi connectivity index (χ2n) is 8.41. The number of thioether (sulfide) groups is 1. The smallest absolute Gasteiger partial charge is 0.322 e. The first-order chi connectivity index (χ1) is 15.5. The van der Waals surface area contributed by atoms with Crippen molar-refractivity contribution in [1.29, 1.82) is 0 Å². The Balaban J connectivity index is 1.31. The molecule has 2 aliphatic rings. The van der Waals surface area contributed by atoms with Crippen molar-refractivity contribution in [2.75, 3.05) is 5.75 Å². The molecular formula is C21H27N7O3S. The van der Waals surface area contributed by atoms with Crippen molar-refractivity contribution in [3.63, 3.8) is 0 Å². The number of hydrogen-bond donors (Lipinski definition) is 2. The van der Waals surface area contributed by atoms with Gasteiger partial charge in [-0.05, 0) is 48.6 Å². The molecule has 2 aromatic rings. The molecule has 0 bridgehead atoms. The number of aromatic nitrogens is 4. The summed E-state index contributed by atoms with van der Waals surface area (Å²) in [4.78, 5) is 37.7. The molecule has 1 unspecified atom stereocenters. The Hall–Kier alpha value is -2.95. The first kappa shape index (κ1) is 22.3. The Morgan fingerprint density at radius 3 is 2.72 bits per heavy atom. The zero-order valence-electron chi connectivity index (χ0n) is 18.0. The van der Waals surface area contributed by atoms with E-state index in [-0.39, 0.29) is 11.8 Å². The largest absolute Gasteiger partial charge is 0.344 e.